The number of carbonyl (C=O) groups excluding carboxylic acids is 1. The van der Waals surface area contributed by atoms with E-state index in [0.29, 0.717) is 23.9 Å². The molecule has 0 spiro atoms. The fourth-order valence-corrected chi connectivity index (χ4v) is 3.84. The van der Waals surface area contributed by atoms with Crippen LogP contribution in [0.25, 0.3) is 0 Å². The number of nitrogens with zero attached hydrogens (tertiary/aromatic N) is 2. The number of pyridine rings is 1. The number of ether oxygens (including phenoxy) is 1. The summed E-state index contributed by atoms with van der Waals surface area (Å²) in [6.45, 7) is 8.87. The number of aromatic nitrogens is 1. The molecule has 1 saturated heterocycles. The Morgan fingerprint density at radius 3 is 2.78 bits per heavy atom. The zero-order valence-electron chi connectivity index (χ0n) is 14.4. The maximum absolute atomic E-state index is 12.4. The normalized spacial score (nSPS) is 20.2. The first-order valence-electron chi connectivity index (χ1n) is 8.03. The van der Waals surface area contributed by atoms with Gasteiger partial charge in [0, 0.05) is 25.0 Å². The molecule has 0 radical (unpaired) electrons. The third-order valence-electron chi connectivity index (χ3n) is 3.68. The molecule has 1 aromatic heterocycles. The summed E-state index contributed by atoms with van der Waals surface area (Å²) in [5.74, 6) is 0.759. The quantitative estimate of drug-likeness (QED) is 0.849. The highest BCUT2D eigenvalue weighted by molar-refractivity contribution is 7.84. The minimum Gasteiger partial charge on any atom is -0.444 e. The lowest BCUT2D eigenvalue weighted by Crippen LogP contribution is -2.44. The predicted molar refractivity (Wildman–Crippen MR) is 90.8 cm³/mol. The Bertz CT molecular complexity index is 566. The van der Waals surface area contributed by atoms with E-state index in [1.54, 1.807) is 11.1 Å². The van der Waals surface area contributed by atoms with E-state index in [0.717, 1.165) is 18.4 Å². The van der Waals surface area contributed by atoms with Gasteiger partial charge in [-0.1, -0.05) is 6.07 Å². The Morgan fingerprint density at radius 2 is 2.17 bits per heavy atom. The molecule has 6 heteroatoms. The second kappa shape index (κ2) is 7.43. The summed E-state index contributed by atoms with van der Waals surface area (Å²) in [6.07, 6.45) is 3.36. The van der Waals surface area contributed by atoms with Crippen molar-refractivity contribution in [1.29, 1.82) is 0 Å². The molecule has 2 heterocycles. The number of carbonyl (C=O) groups is 1. The van der Waals surface area contributed by atoms with Crippen LogP contribution in [0.1, 0.15) is 39.2 Å². The van der Waals surface area contributed by atoms with E-state index < -0.39 is 16.4 Å². The van der Waals surface area contributed by atoms with Crippen LogP contribution in [0.2, 0.25) is 0 Å². The van der Waals surface area contributed by atoms with Crippen molar-refractivity contribution >= 4 is 16.9 Å². The first-order valence-corrected chi connectivity index (χ1v) is 9.35. The molecule has 0 bridgehead atoms. The van der Waals surface area contributed by atoms with E-state index in [-0.39, 0.29) is 12.0 Å². The van der Waals surface area contributed by atoms with Crippen molar-refractivity contribution < 1.29 is 13.7 Å². The summed E-state index contributed by atoms with van der Waals surface area (Å²) in [7, 11) is -1.13. The van der Waals surface area contributed by atoms with E-state index in [1.807, 2.05) is 39.8 Å². The Kier molecular flexibility index (Phi) is 5.79. The lowest BCUT2D eigenvalue weighted by molar-refractivity contribution is 0.0176. The van der Waals surface area contributed by atoms with E-state index in [9.17, 15) is 9.00 Å². The van der Waals surface area contributed by atoms with Crippen molar-refractivity contribution in [3.63, 3.8) is 0 Å². The fourth-order valence-electron chi connectivity index (χ4n) is 2.58. The number of amides is 1. The van der Waals surface area contributed by atoms with Gasteiger partial charge in [0.05, 0.1) is 10.8 Å². The molecule has 0 N–H and O–H groups in total. The standard InChI is InChI=1S/C17H26N2O3S/c1-13-7-8-15(18-10-13)23(21)12-14-6-5-9-19(11-14)16(20)22-17(2,3)4/h7-8,10,14H,5-6,9,11-12H2,1-4H3/t14-,23-/m0/s1. The van der Waals surface area contributed by atoms with Gasteiger partial charge in [-0.05, 0) is 58.1 Å². The summed E-state index contributed by atoms with van der Waals surface area (Å²) in [4.78, 5) is 18.1. The molecule has 0 saturated carbocycles. The third-order valence-corrected chi connectivity index (χ3v) is 5.16. The number of hydrogen-bond donors (Lipinski definition) is 0. The summed E-state index contributed by atoms with van der Waals surface area (Å²) in [5.41, 5.74) is 0.568. The fraction of sp³-hybridized carbons (Fsp3) is 0.647. The van der Waals surface area contributed by atoms with E-state index in [2.05, 4.69) is 4.98 Å². The summed E-state index contributed by atoms with van der Waals surface area (Å²) in [6, 6.07) is 3.74. The lowest BCUT2D eigenvalue weighted by atomic mass is 10.0. The molecular formula is C17H26N2O3S. The van der Waals surface area contributed by atoms with Crippen molar-refractivity contribution in [3.8, 4) is 0 Å². The van der Waals surface area contributed by atoms with Gasteiger partial charge < -0.3 is 9.64 Å². The number of piperidine rings is 1. The highest BCUT2D eigenvalue weighted by atomic mass is 32.2. The molecule has 1 aliphatic heterocycles. The average Bonchev–Trinajstić information content (AvgIpc) is 2.46. The van der Waals surface area contributed by atoms with Gasteiger partial charge >= 0.3 is 6.09 Å². The Balaban J connectivity index is 1.92. The first-order chi connectivity index (χ1) is 10.7. The van der Waals surface area contributed by atoms with Gasteiger partial charge in [-0.15, -0.1) is 0 Å². The van der Waals surface area contributed by atoms with Crippen LogP contribution in [0.4, 0.5) is 4.79 Å². The van der Waals surface area contributed by atoms with E-state index >= 15 is 0 Å². The zero-order chi connectivity index (χ0) is 17.0. The third kappa shape index (κ3) is 5.61. The molecule has 23 heavy (non-hydrogen) atoms. The van der Waals surface area contributed by atoms with Crippen molar-refractivity contribution in [3.05, 3.63) is 23.9 Å². The monoisotopic (exact) mass is 338 g/mol. The molecule has 1 aromatic rings. The van der Waals surface area contributed by atoms with Crippen LogP contribution in [0.5, 0.6) is 0 Å². The second-order valence-corrected chi connectivity index (χ2v) is 8.56. The topological polar surface area (TPSA) is 59.5 Å². The molecule has 2 atom stereocenters. The summed E-state index contributed by atoms with van der Waals surface area (Å²) in [5, 5.41) is 0.616. The minimum absolute atomic E-state index is 0.222. The lowest BCUT2D eigenvalue weighted by Gasteiger charge is -2.33. The smallest absolute Gasteiger partial charge is 0.410 e. The molecule has 128 valence electrons. The van der Waals surface area contributed by atoms with Crippen LogP contribution in [-0.2, 0) is 15.5 Å². The molecule has 0 unspecified atom stereocenters. The number of hydrogen-bond acceptors (Lipinski definition) is 4. The Morgan fingerprint density at radius 1 is 1.43 bits per heavy atom. The van der Waals surface area contributed by atoms with Gasteiger partial charge in [0.2, 0.25) is 0 Å². The molecule has 1 fully saturated rings. The van der Waals surface area contributed by atoms with Crippen molar-refractivity contribution in [2.45, 2.75) is 51.2 Å². The minimum atomic E-state index is -1.13. The van der Waals surface area contributed by atoms with Gasteiger partial charge in [0.25, 0.3) is 0 Å². The summed E-state index contributed by atoms with van der Waals surface area (Å²) >= 11 is 0. The molecule has 0 aliphatic carbocycles. The van der Waals surface area contributed by atoms with E-state index in [4.69, 9.17) is 4.74 Å². The maximum atomic E-state index is 12.4. The molecule has 1 aliphatic rings. The number of likely N-dealkylation sites (tertiary alicyclic amines) is 1. The van der Waals surface area contributed by atoms with Gasteiger partial charge in [0.15, 0.2) is 0 Å². The van der Waals surface area contributed by atoms with Crippen molar-refractivity contribution in [1.82, 2.24) is 9.88 Å². The average molecular weight is 338 g/mol. The highest BCUT2D eigenvalue weighted by Crippen LogP contribution is 2.21. The van der Waals surface area contributed by atoms with Crippen molar-refractivity contribution in [2.24, 2.45) is 5.92 Å². The van der Waals surface area contributed by atoms with Crippen LogP contribution in [0, 0.1) is 12.8 Å². The van der Waals surface area contributed by atoms with Crippen LogP contribution in [0.3, 0.4) is 0 Å². The van der Waals surface area contributed by atoms with Gasteiger partial charge in [0.1, 0.15) is 10.6 Å². The first kappa shape index (κ1) is 17.9. The Labute approximate surface area is 140 Å². The van der Waals surface area contributed by atoms with Crippen LogP contribution in [0.15, 0.2) is 23.4 Å². The molecule has 1 amide bonds. The van der Waals surface area contributed by atoms with Crippen LogP contribution < -0.4 is 0 Å². The Hall–Kier alpha value is -1.43. The SMILES string of the molecule is Cc1ccc([S@@](=O)C[C@H]2CCCN(C(=O)OC(C)(C)C)C2)nc1. The predicted octanol–water partition coefficient (Wildman–Crippen LogP) is 3.14. The van der Waals surface area contributed by atoms with Crippen LogP contribution >= 0.6 is 0 Å². The molecule has 0 aromatic carbocycles. The second-order valence-electron chi connectivity index (χ2n) is 7.12. The summed E-state index contributed by atoms with van der Waals surface area (Å²) < 4.78 is 17.9. The van der Waals surface area contributed by atoms with Crippen LogP contribution in [-0.4, -0.2) is 44.6 Å². The molecule has 5 nitrogen and oxygen atoms in total. The van der Waals surface area contributed by atoms with E-state index in [1.165, 1.54) is 0 Å². The highest BCUT2D eigenvalue weighted by Gasteiger charge is 2.28. The maximum Gasteiger partial charge on any atom is 0.410 e. The van der Waals surface area contributed by atoms with Gasteiger partial charge in [-0.25, -0.2) is 9.78 Å². The number of rotatable bonds is 3. The van der Waals surface area contributed by atoms with Gasteiger partial charge in [-0.3, -0.25) is 4.21 Å². The zero-order valence-corrected chi connectivity index (χ0v) is 15.2. The van der Waals surface area contributed by atoms with Gasteiger partial charge in [-0.2, -0.15) is 0 Å². The van der Waals surface area contributed by atoms with Crippen molar-refractivity contribution in [2.75, 3.05) is 18.8 Å². The molecule has 2 rings (SSSR count). The molecular weight excluding hydrogens is 312 g/mol. The largest absolute Gasteiger partial charge is 0.444 e. The number of aryl methyl sites for hydroxylation is 1.